The molecule has 0 aromatic carbocycles. The number of hydrogen-bond donors (Lipinski definition) is 2. The Morgan fingerprint density at radius 3 is 1.92 bits per heavy atom. The first-order chi connectivity index (χ1) is 5.56. The zero-order valence-electron chi connectivity index (χ0n) is 8.60. The highest BCUT2D eigenvalue weighted by Gasteiger charge is 2.08. The maximum Gasteiger partial charge on any atom is 0.00970 e. The summed E-state index contributed by atoms with van der Waals surface area (Å²) in [6.07, 6.45) is 7.46. The molecule has 0 rings (SSSR count). The highest BCUT2D eigenvalue weighted by molar-refractivity contribution is 4.70. The van der Waals surface area contributed by atoms with Crippen molar-refractivity contribution in [3.05, 3.63) is 0 Å². The number of nitrogens with two attached hydrogens (primary N) is 2. The topological polar surface area (TPSA) is 52.0 Å². The summed E-state index contributed by atoms with van der Waals surface area (Å²) in [5.41, 5.74) is 11.3. The lowest BCUT2D eigenvalue weighted by Crippen LogP contribution is -2.31. The van der Waals surface area contributed by atoms with Crippen LogP contribution in [0.3, 0.4) is 0 Å². The highest BCUT2D eigenvalue weighted by atomic mass is 14.7. The van der Waals surface area contributed by atoms with E-state index in [2.05, 4.69) is 13.8 Å². The van der Waals surface area contributed by atoms with Gasteiger partial charge in [0.1, 0.15) is 0 Å². The van der Waals surface area contributed by atoms with Gasteiger partial charge in [-0.3, -0.25) is 0 Å². The van der Waals surface area contributed by atoms with E-state index in [1.807, 2.05) is 0 Å². The largest absolute Gasteiger partial charge is 0.330 e. The Morgan fingerprint density at radius 2 is 1.42 bits per heavy atom. The molecule has 2 heteroatoms. The Morgan fingerprint density at radius 1 is 0.917 bits per heavy atom. The summed E-state index contributed by atoms with van der Waals surface area (Å²) >= 11 is 0. The van der Waals surface area contributed by atoms with E-state index in [-0.39, 0.29) is 5.54 Å². The lowest BCUT2D eigenvalue weighted by molar-refractivity contribution is 0.442. The van der Waals surface area contributed by atoms with Crippen molar-refractivity contribution < 1.29 is 0 Å². The molecule has 0 aliphatic rings. The van der Waals surface area contributed by atoms with E-state index >= 15 is 0 Å². The molecule has 0 radical (unpaired) electrons. The summed E-state index contributed by atoms with van der Waals surface area (Å²) in [6.45, 7) is 5.02. The van der Waals surface area contributed by atoms with E-state index in [9.17, 15) is 0 Å². The van der Waals surface area contributed by atoms with Gasteiger partial charge >= 0.3 is 0 Å². The second-order valence-electron chi connectivity index (χ2n) is 4.30. The SMILES string of the molecule is CC(C)(N)CCCCCCCN. The van der Waals surface area contributed by atoms with Crippen LogP contribution in [-0.2, 0) is 0 Å². The molecule has 2 nitrogen and oxygen atoms in total. The van der Waals surface area contributed by atoms with Gasteiger partial charge in [-0.15, -0.1) is 0 Å². The van der Waals surface area contributed by atoms with Gasteiger partial charge in [0, 0.05) is 5.54 Å². The molecule has 4 N–H and O–H groups in total. The third kappa shape index (κ3) is 9.92. The van der Waals surface area contributed by atoms with Crippen LogP contribution in [0.15, 0.2) is 0 Å². The van der Waals surface area contributed by atoms with Crippen LogP contribution >= 0.6 is 0 Å². The lowest BCUT2D eigenvalue weighted by Gasteiger charge is -2.17. The predicted molar refractivity (Wildman–Crippen MR) is 55.0 cm³/mol. The van der Waals surface area contributed by atoms with Gasteiger partial charge in [0.05, 0.1) is 0 Å². The maximum absolute atomic E-state index is 5.86. The Labute approximate surface area is 76.7 Å². The Hall–Kier alpha value is -0.0800. The fourth-order valence-electron chi connectivity index (χ4n) is 1.26. The first-order valence-electron chi connectivity index (χ1n) is 5.05. The van der Waals surface area contributed by atoms with Crippen molar-refractivity contribution in [2.24, 2.45) is 11.5 Å². The van der Waals surface area contributed by atoms with Gasteiger partial charge in [0.25, 0.3) is 0 Å². The number of unbranched alkanes of at least 4 members (excludes halogenated alkanes) is 4. The van der Waals surface area contributed by atoms with Gasteiger partial charge in [0.15, 0.2) is 0 Å². The van der Waals surface area contributed by atoms with Crippen LogP contribution in [0.2, 0.25) is 0 Å². The summed E-state index contributed by atoms with van der Waals surface area (Å²) in [5, 5.41) is 0. The zero-order chi connectivity index (χ0) is 9.45. The smallest absolute Gasteiger partial charge is 0.00970 e. The number of rotatable bonds is 7. The van der Waals surface area contributed by atoms with Crippen molar-refractivity contribution in [2.45, 2.75) is 57.9 Å². The molecule has 0 aliphatic carbocycles. The minimum atomic E-state index is 0.0217. The van der Waals surface area contributed by atoms with Gasteiger partial charge in [0.2, 0.25) is 0 Å². The van der Waals surface area contributed by atoms with E-state index in [1.165, 1.54) is 32.1 Å². The summed E-state index contributed by atoms with van der Waals surface area (Å²) in [5.74, 6) is 0. The first-order valence-corrected chi connectivity index (χ1v) is 5.05. The summed E-state index contributed by atoms with van der Waals surface area (Å²) in [7, 11) is 0. The van der Waals surface area contributed by atoms with Crippen LogP contribution in [0, 0.1) is 0 Å². The standard InChI is InChI=1S/C10H24N2/c1-10(2,12)8-6-4-3-5-7-9-11/h3-9,11-12H2,1-2H3. The van der Waals surface area contributed by atoms with E-state index in [0.717, 1.165) is 13.0 Å². The van der Waals surface area contributed by atoms with Gasteiger partial charge in [-0.05, 0) is 33.2 Å². The quantitative estimate of drug-likeness (QED) is 0.577. The molecule has 0 aliphatic heterocycles. The summed E-state index contributed by atoms with van der Waals surface area (Å²) < 4.78 is 0. The normalized spacial score (nSPS) is 12.0. The summed E-state index contributed by atoms with van der Waals surface area (Å²) in [6, 6.07) is 0. The van der Waals surface area contributed by atoms with Crippen LogP contribution in [0.5, 0.6) is 0 Å². The molecular formula is C10H24N2. The molecule has 0 saturated heterocycles. The van der Waals surface area contributed by atoms with E-state index in [1.54, 1.807) is 0 Å². The predicted octanol–water partition coefficient (Wildman–Crippen LogP) is 2.02. The van der Waals surface area contributed by atoms with Crippen molar-refractivity contribution in [3.63, 3.8) is 0 Å². The highest BCUT2D eigenvalue weighted by Crippen LogP contribution is 2.11. The van der Waals surface area contributed by atoms with Crippen LogP contribution in [-0.4, -0.2) is 12.1 Å². The molecule has 0 fully saturated rings. The second kappa shape index (κ2) is 6.44. The van der Waals surface area contributed by atoms with Crippen LogP contribution in [0.1, 0.15) is 52.4 Å². The zero-order valence-corrected chi connectivity index (χ0v) is 8.60. The molecule has 0 atom stereocenters. The van der Waals surface area contributed by atoms with Crippen LogP contribution in [0.4, 0.5) is 0 Å². The Balaban J connectivity index is 3.01. The van der Waals surface area contributed by atoms with Crippen molar-refractivity contribution in [3.8, 4) is 0 Å². The third-order valence-electron chi connectivity index (χ3n) is 2.03. The molecular weight excluding hydrogens is 148 g/mol. The lowest BCUT2D eigenvalue weighted by atomic mass is 9.97. The van der Waals surface area contributed by atoms with Gasteiger partial charge < -0.3 is 11.5 Å². The first kappa shape index (κ1) is 11.9. The average Bonchev–Trinajstić information content (AvgIpc) is 1.94. The van der Waals surface area contributed by atoms with Crippen molar-refractivity contribution in [1.29, 1.82) is 0 Å². The third-order valence-corrected chi connectivity index (χ3v) is 2.03. The van der Waals surface area contributed by atoms with Crippen LogP contribution < -0.4 is 11.5 Å². The van der Waals surface area contributed by atoms with Crippen LogP contribution in [0.25, 0.3) is 0 Å². The molecule has 0 spiro atoms. The van der Waals surface area contributed by atoms with E-state index in [4.69, 9.17) is 11.5 Å². The molecule has 0 heterocycles. The van der Waals surface area contributed by atoms with Gasteiger partial charge in [-0.25, -0.2) is 0 Å². The molecule has 74 valence electrons. The minimum absolute atomic E-state index is 0.0217. The molecule has 0 amide bonds. The summed E-state index contributed by atoms with van der Waals surface area (Å²) in [4.78, 5) is 0. The van der Waals surface area contributed by atoms with Crippen molar-refractivity contribution in [2.75, 3.05) is 6.54 Å². The molecule has 0 aromatic rings. The molecule has 0 unspecified atom stereocenters. The average molecular weight is 172 g/mol. The Bertz CT molecular complexity index is 94.5. The fraction of sp³-hybridized carbons (Fsp3) is 1.00. The molecule has 0 aromatic heterocycles. The number of hydrogen-bond acceptors (Lipinski definition) is 2. The minimum Gasteiger partial charge on any atom is -0.330 e. The fourth-order valence-corrected chi connectivity index (χ4v) is 1.26. The van der Waals surface area contributed by atoms with E-state index < -0.39 is 0 Å². The molecule has 0 bridgehead atoms. The van der Waals surface area contributed by atoms with Crippen molar-refractivity contribution >= 4 is 0 Å². The van der Waals surface area contributed by atoms with Crippen molar-refractivity contribution in [1.82, 2.24) is 0 Å². The molecule has 0 saturated carbocycles. The Kier molecular flexibility index (Phi) is 6.39. The monoisotopic (exact) mass is 172 g/mol. The second-order valence-corrected chi connectivity index (χ2v) is 4.30. The van der Waals surface area contributed by atoms with E-state index in [0.29, 0.717) is 0 Å². The van der Waals surface area contributed by atoms with Gasteiger partial charge in [-0.1, -0.05) is 25.7 Å². The maximum atomic E-state index is 5.86. The molecule has 12 heavy (non-hydrogen) atoms. The van der Waals surface area contributed by atoms with Gasteiger partial charge in [-0.2, -0.15) is 0 Å².